The van der Waals surface area contributed by atoms with E-state index in [0.717, 1.165) is 0 Å². The van der Waals surface area contributed by atoms with E-state index in [-0.39, 0.29) is 0 Å². The average molecular weight is 667 g/mol. The molecule has 45 heavy (non-hydrogen) atoms. The molecule has 21 heteroatoms. The van der Waals surface area contributed by atoms with Gasteiger partial charge in [-0.1, -0.05) is 0 Å². The first-order chi connectivity index (χ1) is 21.2. The summed E-state index contributed by atoms with van der Waals surface area (Å²) in [7, 11) is 0. The molecule has 0 spiro atoms. The molecule has 0 aliphatic carbocycles. The summed E-state index contributed by atoms with van der Waals surface area (Å²) in [4.78, 5) is 0. The third-order valence-electron chi connectivity index (χ3n) is 8.17. The lowest BCUT2D eigenvalue weighted by atomic mass is 9.96. The number of hydrogen-bond donors (Lipinski definition) is 14. The molecule has 0 saturated carbocycles. The van der Waals surface area contributed by atoms with Crippen molar-refractivity contribution in [3.8, 4) is 0 Å². The highest BCUT2D eigenvalue weighted by atomic mass is 16.8. The van der Waals surface area contributed by atoms with Gasteiger partial charge in [0, 0.05) is 0 Å². The monoisotopic (exact) mass is 666 g/mol. The van der Waals surface area contributed by atoms with Gasteiger partial charge in [0.1, 0.15) is 97.7 Å². The van der Waals surface area contributed by atoms with Crippen LogP contribution in [0.15, 0.2) is 0 Å². The van der Waals surface area contributed by atoms with Crippen LogP contribution in [0.2, 0.25) is 0 Å². The predicted molar refractivity (Wildman–Crippen MR) is 134 cm³/mol. The highest BCUT2D eigenvalue weighted by Gasteiger charge is 2.52. The van der Waals surface area contributed by atoms with Crippen LogP contribution in [-0.2, 0) is 33.2 Å². The summed E-state index contributed by atoms with van der Waals surface area (Å²) in [6.45, 7) is -2.90. The summed E-state index contributed by atoms with van der Waals surface area (Å²) in [6, 6.07) is 0. The van der Waals surface area contributed by atoms with Crippen molar-refractivity contribution < 1.29 is 105 Å². The van der Waals surface area contributed by atoms with Crippen LogP contribution in [0.25, 0.3) is 0 Å². The molecule has 0 radical (unpaired) electrons. The second-order valence-corrected chi connectivity index (χ2v) is 11.2. The molecule has 0 amide bonds. The predicted octanol–water partition coefficient (Wildman–Crippen LogP) is -9.75. The van der Waals surface area contributed by atoms with Gasteiger partial charge in [-0.25, -0.2) is 0 Å². The molecule has 0 aromatic rings. The molecule has 4 heterocycles. The number of aliphatic hydroxyl groups is 14. The topological polar surface area (TPSA) is 348 Å². The van der Waals surface area contributed by atoms with Crippen LogP contribution in [0, 0.1) is 0 Å². The molecule has 0 unspecified atom stereocenters. The Morgan fingerprint density at radius 2 is 0.778 bits per heavy atom. The van der Waals surface area contributed by atoms with E-state index in [1.165, 1.54) is 0 Å². The maximum Gasteiger partial charge on any atom is 0.187 e. The summed E-state index contributed by atoms with van der Waals surface area (Å²) >= 11 is 0. The van der Waals surface area contributed by atoms with Gasteiger partial charge in [0.2, 0.25) is 0 Å². The zero-order chi connectivity index (χ0) is 33.3. The van der Waals surface area contributed by atoms with E-state index in [2.05, 4.69) is 0 Å². The van der Waals surface area contributed by atoms with E-state index in [1.54, 1.807) is 0 Å². The zero-order valence-corrected chi connectivity index (χ0v) is 23.5. The summed E-state index contributed by atoms with van der Waals surface area (Å²) < 4.78 is 37.6. The van der Waals surface area contributed by atoms with Crippen molar-refractivity contribution in [3.05, 3.63) is 0 Å². The minimum atomic E-state index is -1.99. The Bertz CT molecular complexity index is 914. The van der Waals surface area contributed by atoms with Crippen LogP contribution in [0.3, 0.4) is 0 Å². The molecule has 0 aromatic heterocycles. The fourth-order valence-electron chi connectivity index (χ4n) is 5.33. The molecule has 4 fully saturated rings. The number of aliphatic hydroxyl groups excluding tert-OH is 14. The van der Waals surface area contributed by atoms with E-state index < -0.39 is 149 Å². The van der Waals surface area contributed by atoms with Gasteiger partial charge >= 0.3 is 0 Å². The summed E-state index contributed by atoms with van der Waals surface area (Å²) in [5, 5.41) is 141. The van der Waals surface area contributed by atoms with Gasteiger partial charge in [-0.15, -0.1) is 0 Å². The smallest absolute Gasteiger partial charge is 0.187 e. The van der Waals surface area contributed by atoms with E-state index in [0.29, 0.717) is 0 Å². The molecule has 14 N–H and O–H groups in total. The minimum absolute atomic E-state index is 0.692. The van der Waals surface area contributed by atoms with E-state index in [4.69, 9.17) is 33.2 Å². The number of rotatable bonds is 10. The van der Waals surface area contributed by atoms with Gasteiger partial charge < -0.3 is 105 Å². The van der Waals surface area contributed by atoms with E-state index in [1.807, 2.05) is 0 Å². The van der Waals surface area contributed by atoms with Crippen LogP contribution >= 0.6 is 0 Å². The zero-order valence-electron chi connectivity index (χ0n) is 23.5. The Morgan fingerprint density at radius 1 is 0.378 bits per heavy atom. The van der Waals surface area contributed by atoms with Crippen LogP contribution < -0.4 is 0 Å². The van der Waals surface area contributed by atoms with Gasteiger partial charge in [-0.2, -0.15) is 0 Å². The average Bonchev–Trinajstić information content (AvgIpc) is 3.02. The molecule has 0 bridgehead atoms. The molecule has 4 rings (SSSR count). The van der Waals surface area contributed by atoms with E-state index in [9.17, 15) is 71.5 Å². The normalized spacial score (nSPS) is 52.9. The lowest BCUT2D eigenvalue weighted by Crippen LogP contribution is -2.65. The lowest BCUT2D eigenvalue weighted by molar-refractivity contribution is -0.368. The van der Waals surface area contributed by atoms with Gasteiger partial charge in [0.25, 0.3) is 0 Å². The third kappa shape index (κ3) is 7.75. The molecule has 21 nitrogen and oxygen atoms in total. The molecule has 0 aromatic carbocycles. The molecule has 4 aliphatic rings. The van der Waals surface area contributed by atoms with Crippen molar-refractivity contribution in [2.24, 2.45) is 0 Å². The van der Waals surface area contributed by atoms with Crippen molar-refractivity contribution in [1.29, 1.82) is 0 Å². The van der Waals surface area contributed by atoms with Crippen molar-refractivity contribution in [1.82, 2.24) is 0 Å². The maximum atomic E-state index is 10.7. The quantitative estimate of drug-likeness (QED) is 0.103. The first-order valence-electron chi connectivity index (χ1n) is 14.1. The highest BCUT2D eigenvalue weighted by molar-refractivity contribution is 4.95. The fraction of sp³-hybridized carbons (Fsp3) is 1.00. The van der Waals surface area contributed by atoms with Crippen molar-refractivity contribution in [2.75, 3.05) is 26.4 Å². The summed E-state index contributed by atoms with van der Waals surface area (Å²) in [5.41, 5.74) is 0. The lowest BCUT2D eigenvalue weighted by Gasteiger charge is -2.46. The second kappa shape index (κ2) is 15.6. The molecule has 4 aliphatic heterocycles. The van der Waals surface area contributed by atoms with E-state index >= 15 is 0 Å². The van der Waals surface area contributed by atoms with Gasteiger partial charge in [-0.3, -0.25) is 0 Å². The van der Waals surface area contributed by atoms with Gasteiger partial charge in [0.15, 0.2) is 25.2 Å². The summed E-state index contributed by atoms with van der Waals surface area (Å²) in [5.74, 6) is 0. The van der Waals surface area contributed by atoms with Gasteiger partial charge in [-0.05, 0) is 0 Å². The second-order valence-electron chi connectivity index (χ2n) is 11.2. The van der Waals surface area contributed by atoms with Crippen LogP contribution in [0.5, 0.6) is 0 Å². The molecule has 20 atom stereocenters. The van der Waals surface area contributed by atoms with Crippen LogP contribution in [0.4, 0.5) is 0 Å². The SMILES string of the molecule is OC[C@H]1O[C@@H](OC[C@H]2O[C@H](O)[C@@H](O)[C@H](O)[C@H]2O[C@@H]2O[C@H](CO[C@H]3O[C@H](CO)[C@@H](O)[C@@H](O)[C@H]3O)[C@@H](O)[C@H](O)[C@H]2O)[C@@H](O)[C@@H](O)[C@H]1O. The molecular weight excluding hydrogens is 624 g/mol. The van der Waals surface area contributed by atoms with Crippen molar-refractivity contribution >= 4 is 0 Å². The molecule has 4 saturated heterocycles. The Hall–Kier alpha value is -0.840. The summed E-state index contributed by atoms with van der Waals surface area (Å²) in [6.07, 6.45) is -34.9. The largest absolute Gasteiger partial charge is 0.394 e. The maximum absolute atomic E-state index is 10.7. The number of hydrogen-bond acceptors (Lipinski definition) is 21. The van der Waals surface area contributed by atoms with Crippen LogP contribution in [0.1, 0.15) is 0 Å². The Labute approximate surface area is 254 Å². The van der Waals surface area contributed by atoms with Gasteiger partial charge in [0.05, 0.1) is 26.4 Å². The highest BCUT2D eigenvalue weighted by Crippen LogP contribution is 2.31. The van der Waals surface area contributed by atoms with Crippen LogP contribution in [-0.4, -0.2) is 221 Å². The standard InChI is InChI=1S/C24H42O21/c25-1-5-9(27)12(30)17(35)22(42-5)39-3-7-11(29)14(32)19(37)24(44-7)45-20-8(41-21(38)16(34)15(20)33)4-40-23-18(36)13(31)10(28)6(2-26)43-23/h5-38H,1-4H2/t5-,6-,7-,8-,9-,10+,11-,12-,13+,14+,15+,16+,17-,18+,19-,20+,21+,22+,23-,24+/m1/s1. The van der Waals surface area contributed by atoms with Crippen molar-refractivity contribution in [2.45, 2.75) is 123 Å². The third-order valence-corrected chi connectivity index (χ3v) is 8.17. The Morgan fingerprint density at radius 3 is 1.24 bits per heavy atom. The Kier molecular flexibility index (Phi) is 12.8. The first-order valence-corrected chi connectivity index (χ1v) is 14.1. The van der Waals surface area contributed by atoms with Crippen molar-refractivity contribution in [3.63, 3.8) is 0 Å². The molecular formula is C24H42O21. The first kappa shape index (κ1) is 37.0. The molecule has 264 valence electrons. The number of ether oxygens (including phenoxy) is 7. The fourth-order valence-corrected chi connectivity index (χ4v) is 5.33. The Balaban J connectivity index is 1.43. The minimum Gasteiger partial charge on any atom is -0.394 e.